The van der Waals surface area contributed by atoms with Gasteiger partial charge in [-0.1, -0.05) is 25.5 Å². The predicted octanol–water partition coefficient (Wildman–Crippen LogP) is 4.82. The third kappa shape index (κ3) is 5.63. The molecule has 0 bridgehead atoms. The first kappa shape index (κ1) is 21.4. The van der Waals surface area contributed by atoms with Crippen LogP contribution in [-0.2, 0) is 6.42 Å². The van der Waals surface area contributed by atoms with Gasteiger partial charge in [0.1, 0.15) is 6.33 Å². The lowest BCUT2D eigenvalue weighted by Crippen LogP contribution is -2.13. The molecule has 160 valence electrons. The van der Waals surface area contributed by atoms with Gasteiger partial charge in [-0.25, -0.2) is 9.97 Å². The Labute approximate surface area is 177 Å². The molecule has 3 N–H and O–H groups in total. The number of unbranched alkanes of at least 4 members (excludes halogenated alkanes) is 1. The minimum absolute atomic E-state index is 0.0364. The van der Waals surface area contributed by atoms with E-state index in [0.717, 1.165) is 19.3 Å². The van der Waals surface area contributed by atoms with Gasteiger partial charge in [-0.15, -0.1) is 0 Å². The molecule has 11 heteroatoms. The molecule has 0 unspecified atom stereocenters. The van der Waals surface area contributed by atoms with Crippen LogP contribution >= 0.6 is 0 Å². The predicted molar refractivity (Wildman–Crippen MR) is 117 cm³/mol. The van der Waals surface area contributed by atoms with Crippen molar-refractivity contribution >= 4 is 34.4 Å². The maximum atomic E-state index is 11.7. The van der Waals surface area contributed by atoms with E-state index in [1.54, 1.807) is 0 Å². The Balaban J connectivity index is 1.76. The van der Waals surface area contributed by atoms with Gasteiger partial charge in [-0.2, -0.15) is 0 Å². The van der Waals surface area contributed by atoms with E-state index in [9.17, 15) is 20.2 Å². The molecule has 0 radical (unpaired) electrons. The number of benzene rings is 2. The fourth-order valence-corrected chi connectivity index (χ4v) is 2.80. The number of non-ortho nitro benzene ring substituents is 1. The van der Waals surface area contributed by atoms with Crippen molar-refractivity contribution < 1.29 is 9.85 Å². The van der Waals surface area contributed by atoms with Crippen LogP contribution in [0.25, 0.3) is 0 Å². The second-order valence-corrected chi connectivity index (χ2v) is 6.66. The summed E-state index contributed by atoms with van der Waals surface area (Å²) in [5.74, 6) is -0.0188. The Morgan fingerprint density at radius 1 is 0.839 bits per heavy atom. The van der Waals surface area contributed by atoms with Crippen LogP contribution in [0.15, 0.2) is 54.9 Å². The van der Waals surface area contributed by atoms with Crippen LogP contribution in [0.5, 0.6) is 0 Å². The third-order valence-corrected chi connectivity index (χ3v) is 4.44. The highest BCUT2D eigenvalue weighted by Crippen LogP contribution is 2.31. The Bertz CT molecular complexity index is 1060. The molecule has 11 nitrogen and oxygen atoms in total. The van der Waals surface area contributed by atoms with E-state index in [1.165, 1.54) is 36.2 Å². The Hall–Kier alpha value is -4.28. The molecule has 0 saturated carbocycles. The van der Waals surface area contributed by atoms with E-state index in [1.807, 2.05) is 24.3 Å². The molecular weight excluding hydrogens is 402 g/mol. The number of aryl methyl sites for hydroxylation is 1. The average molecular weight is 423 g/mol. The molecule has 0 aliphatic rings. The summed E-state index contributed by atoms with van der Waals surface area (Å²) in [5, 5.41) is 25.4. The smallest absolute Gasteiger partial charge is 0.334 e. The monoisotopic (exact) mass is 423 g/mol. The standard InChI is InChI=1S/C20H21N7O4/c1-2-3-4-14-5-7-15(8-6-14)23-19-18(27(30)31)20(22-13-21-19)25-24-16-9-11-17(12-10-16)26(28)29/h5-13,24H,2-4H2,1H3,(H2,21,22,23,25). The highest BCUT2D eigenvalue weighted by Gasteiger charge is 2.23. The van der Waals surface area contributed by atoms with Crippen LogP contribution < -0.4 is 16.2 Å². The summed E-state index contributed by atoms with van der Waals surface area (Å²) in [5.41, 5.74) is 7.33. The normalized spacial score (nSPS) is 10.4. The summed E-state index contributed by atoms with van der Waals surface area (Å²) in [7, 11) is 0. The summed E-state index contributed by atoms with van der Waals surface area (Å²) in [6, 6.07) is 13.2. The molecule has 0 spiro atoms. The van der Waals surface area contributed by atoms with Crippen molar-refractivity contribution in [2.45, 2.75) is 26.2 Å². The lowest BCUT2D eigenvalue weighted by Gasteiger charge is -2.12. The number of hydrazine groups is 1. The number of nitro benzene ring substituents is 1. The molecule has 3 aromatic rings. The molecular formula is C20H21N7O4. The van der Waals surface area contributed by atoms with E-state index in [2.05, 4.69) is 33.1 Å². The van der Waals surface area contributed by atoms with Crippen molar-refractivity contribution in [3.05, 3.63) is 80.7 Å². The van der Waals surface area contributed by atoms with Crippen LogP contribution in [0, 0.1) is 20.2 Å². The number of nitrogens with one attached hydrogen (secondary N) is 3. The van der Waals surface area contributed by atoms with E-state index < -0.39 is 9.85 Å². The molecule has 3 rings (SSSR count). The molecule has 0 amide bonds. The number of anilines is 4. The SMILES string of the molecule is CCCCc1ccc(Nc2ncnc(NNc3ccc([N+](=O)[O-])cc3)c2[N+](=O)[O-])cc1. The molecule has 1 aromatic heterocycles. The zero-order chi connectivity index (χ0) is 22.2. The Morgan fingerprint density at radius 3 is 2.10 bits per heavy atom. The van der Waals surface area contributed by atoms with Gasteiger partial charge in [-0.3, -0.25) is 31.1 Å². The second kappa shape index (κ2) is 9.96. The van der Waals surface area contributed by atoms with Gasteiger partial charge < -0.3 is 5.32 Å². The summed E-state index contributed by atoms with van der Waals surface area (Å²) < 4.78 is 0. The fourth-order valence-electron chi connectivity index (χ4n) is 2.80. The molecule has 0 atom stereocenters. The van der Waals surface area contributed by atoms with Crippen LogP contribution in [0.2, 0.25) is 0 Å². The largest absolute Gasteiger partial charge is 0.355 e. The first-order valence-electron chi connectivity index (χ1n) is 9.59. The Morgan fingerprint density at radius 2 is 1.48 bits per heavy atom. The van der Waals surface area contributed by atoms with E-state index in [0.29, 0.717) is 11.4 Å². The van der Waals surface area contributed by atoms with E-state index in [4.69, 9.17) is 0 Å². The summed E-state index contributed by atoms with van der Waals surface area (Å²) in [4.78, 5) is 29.3. The zero-order valence-electron chi connectivity index (χ0n) is 16.7. The summed E-state index contributed by atoms with van der Waals surface area (Å²) in [6.07, 6.45) is 4.38. The van der Waals surface area contributed by atoms with E-state index >= 15 is 0 Å². The number of nitro groups is 2. The van der Waals surface area contributed by atoms with Gasteiger partial charge in [0.2, 0.25) is 11.6 Å². The molecule has 0 aliphatic heterocycles. The van der Waals surface area contributed by atoms with Crippen LogP contribution in [0.4, 0.5) is 34.4 Å². The summed E-state index contributed by atoms with van der Waals surface area (Å²) in [6.45, 7) is 2.13. The zero-order valence-corrected chi connectivity index (χ0v) is 16.7. The highest BCUT2D eigenvalue weighted by molar-refractivity contribution is 5.74. The second-order valence-electron chi connectivity index (χ2n) is 6.66. The molecule has 0 fully saturated rings. The Kier molecular flexibility index (Phi) is 6.89. The minimum Gasteiger partial charge on any atom is -0.334 e. The fraction of sp³-hybridized carbons (Fsp3) is 0.200. The van der Waals surface area contributed by atoms with Gasteiger partial charge in [0.15, 0.2) is 0 Å². The lowest BCUT2D eigenvalue weighted by molar-refractivity contribution is -0.384. The maximum Gasteiger partial charge on any atom is 0.355 e. The van der Waals surface area contributed by atoms with Gasteiger partial charge in [0.05, 0.1) is 15.5 Å². The first-order chi connectivity index (χ1) is 15.0. The lowest BCUT2D eigenvalue weighted by atomic mass is 10.1. The van der Waals surface area contributed by atoms with Crippen molar-refractivity contribution in [1.82, 2.24) is 9.97 Å². The van der Waals surface area contributed by atoms with Gasteiger partial charge in [-0.05, 0) is 42.7 Å². The third-order valence-electron chi connectivity index (χ3n) is 4.44. The van der Waals surface area contributed by atoms with Gasteiger partial charge >= 0.3 is 5.69 Å². The average Bonchev–Trinajstić information content (AvgIpc) is 2.77. The number of rotatable bonds is 10. The van der Waals surface area contributed by atoms with E-state index in [-0.39, 0.29) is 23.0 Å². The first-order valence-corrected chi connectivity index (χ1v) is 9.59. The quantitative estimate of drug-likeness (QED) is 0.308. The van der Waals surface area contributed by atoms with Crippen LogP contribution in [0.1, 0.15) is 25.3 Å². The number of hydrogen-bond acceptors (Lipinski definition) is 9. The van der Waals surface area contributed by atoms with Gasteiger partial charge in [0, 0.05) is 17.8 Å². The van der Waals surface area contributed by atoms with Gasteiger partial charge in [0.25, 0.3) is 5.69 Å². The van der Waals surface area contributed by atoms with Crippen molar-refractivity contribution in [3.8, 4) is 0 Å². The maximum absolute atomic E-state index is 11.7. The van der Waals surface area contributed by atoms with Crippen molar-refractivity contribution in [2.75, 3.05) is 16.2 Å². The molecule has 0 aliphatic carbocycles. The highest BCUT2D eigenvalue weighted by atomic mass is 16.6. The molecule has 1 heterocycles. The topological polar surface area (TPSA) is 148 Å². The number of hydrogen-bond donors (Lipinski definition) is 3. The minimum atomic E-state index is -0.586. The van der Waals surface area contributed by atoms with Crippen LogP contribution in [-0.4, -0.2) is 19.8 Å². The molecule has 0 saturated heterocycles. The van der Waals surface area contributed by atoms with Crippen molar-refractivity contribution in [1.29, 1.82) is 0 Å². The molecule has 31 heavy (non-hydrogen) atoms. The number of aromatic nitrogens is 2. The van der Waals surface area contributed by atoms with Crippen LogP contribution in [0.3, 0.4) is 0 Å². The van der Waals surface area contributed by atoms with Crippen molar-refractivity contribution in [2.24, 2.45) is 0 Å². The summed E-state index contributed by atoms with van der Waals surface area (Å²) >= 11 is 0. The molecule has 2 aromatic carbocycles. The van der Waals surface area contributed by atoms with Crippen molar-refractivity contribution in [3.63, 3.8) is 0 Å². The number of nitrogens with zero attached hydrogens (tertiary/aromatic N) is 4.